The molecule has 0 N–H and O–H groups in total. The van der Waals surface area contributed by atoms with Gasteiger partial charge in [0.25, 0.3) is 0 Å². The Morgan fingerprint density at radius 3 is 2.52 bits per heavy atom. The SMILES string of the molecule is O=C(COc1ccc(Cl)c(Cl)c1)OC1CCCCC1N1CCCC1.[Cl-]. The molecule has 0 amide bonds. The van der Waals surface area contributed by atoms with Gasteiger partial charge in [0, 0.05) is 12.1 Å². The molecule has 1 saturated carbocycles. The number of ether oxygens (including phenoxy) is 2. The quantitative estimate of drug-likeness (QED) is 0.690. The average Bonchev–Trinajstić information content (AvgIpc) is 3.11. The van der Waals surface area contributed by atoms with Crippen molar-refractivity contribution in [2.24, 2.45) is 0 Å². The standard InChI is InChI=1S/C18H23Cl2NO3.ClH/c19-14-8-7-13(11-15(14)20)23-12-18(22)24-17-6-2-1-5-16(17)21-9-3-4-10-21;/h7-8,11,16-17H,1-6,9-10,12H2;1H/p-1. The van der Waals surface area contributed by atoms with Gasteiger partial charge < -0.3 is 21.9 Å². The highest BCUT2D eigenvalue weighted by Gasteiger charge is 2.34. The van der Waals surface area contributed by atoms with Gasteiger partial charge in [0.1, 0.15) is 11.9 Å². The van der Waals surface area contributed by atoms with Crippen LogP contribution in [-0.2, 0) is 9.53 Å². The van der Waals surface area contributed by atoms with Crippen LogP contribution in [0.4, 0.5) is 0 Å². The molecule has 3 rings (SSSR count). The summed E-state index contributed by atoms with van der Waals surface area (Å²) in [5, 5.41) is 0.867. The number of hydrogen-bond acceptors (Lipinski definition) is 4. The largest absolute Gasteiger partial charge is 1.00 e. The molecule has 25 heavy (non-hydrogen) atoms. The fourth-order valence-electron chi connectivity index (χ4n) is 3.62. The van der Waals surface area contributed by atoms with Crippen molar-refractivity contribution in [2.75, 3.05) is 19.7 Å². The Kier molecular flexibility index (Phi) is 8.14. The van der Waals surface area contributed by atoms with Gasteiger partial charge in [-0.15, -0.1) is 0 Å². The first kappa shape index (κ1) is 20.6. The fraction of sp³-hybridized carbons (Fsp3) is 0.611. The first-order valence-electron chi connectivity index (χ1n) is 8.65. The summed E-state index contributed by atoms with van der Waals surface area (Å²) >= 11 is 11.8. The molecule has 1 aromatic carbocycles. The van der Waals surface area contributed by atoms with Crippen molar-refractivity contribution in [1.82, 2.24) is 4.90 Å². The van der Waals surface area contributed by atoms with Crippen molar-refractivity contribution in [3.63, 3.8) is 0 Å². The van der Waals surface area contributed by atoms with Crippen LogP contribution in [0.3, 0.4) is 0 Å². The fourth-order valence-corrected chi connectivity index (χ4v) is 3.91. The highest BCUT2D eigenvalue weighted by Crippen LogP contribution is 2.29. The summed E-state index contributed by atoms with van der Waals surface area (Å²) in [6.45, 7) is 2.14. The Morgan fingerprint density at radius 1 is 1.08 bits per heavy atom. The van der Waals surface area contributed by atoms with Crippen molar-refractivity contribution in [1.29, 1.82) is 0 Å². The minimum Gasteiger partial charge on any atom is -1.00 e. The second-order valence-electron chi connectivity index (χ2n) is 6.49. The Hall–Kier alpha value is -0.680. The summed E-state index contributed by atoms with van der Waals surface area (Å²) in [6.07, 6.45) is 6.88. The summed E-state index contributed by atoms with van der Waals surface area (Å²) < 4.78 is 11.2. The molecule has 0 spiro atoms. The van der Waals surface area contributed by atoms with Crippen LogP contribution in [0.1, 0.15) is 38.5 Å². The summed E-state index contributed by atoms with van der Waals surface area (Å²) in [6, 6.07) is 5.31. The van der Waals surface area contributed by atoms with Crippen molar-refractivity contribution >= 4 is 29.2 Å². The Balaban J connectivity index is 0.00000225. The molecule has 2 atom stereocenters. The van der Waals surface area contributed by atoms with Gasteiger partial charge in [0.05, 0.1) is 10.0 Å². The second kappa shape index (κ2) is 9.86. The zero-order valence-electron chi connectivity index (χ0n) is 14.1. The molecule has 2 fully saturated rings. The normalized spacial score (nSPS) is 23.8. The van der Waals surface area contributed by atoms with Crippen molar-refractivity contribution in [3.05, 3.63) is 28.2 Å². The number of halogens is 3. The van der Waals surface area contributed by atoms with Crippen LogP contribution in [-0.4, -0.2) is 42.7 Å². The molecule has 1 aliphatic heterocycles. The van der Waals surface area contributed by atoms with Crippen LogP contribution < -0.4 is 17.1 Å². The van der Waals surface area contributed by atoms with E-state index in [4.69, 9.17) is 32.7 Å². The van der Waals surface area contributed by atoms with Gasteiger partial charge in [-0.2, -0.15) is 0 Å². The molecule has 2 aliphatic rings. The van der Waals surface area contributed by atoms with Crippen LogP contribution in [0, 0.1) is 0 Å². The van der Waals surface area contributed by atoms with Crippen LogP contribution in [0.25, 0.3) is 0 Å². The van der Waals surface area contributed by atoms with Crippen LogP contribution in [0.5, 0.6) is 5.75 Å². The average molecular weight is 408 g/mol. The van der Waals surface area contributed by atoms with Gasteiger partial charge in [-0.3, -0.25) is 4.90 Å². The third-order valence-corrected chi connectivity index (χ3v) is 5.55. The minimum absolute atomic E-state index is 0. The number of hydrogen-bond donors (Lipinski definition) is 0. The smallest absolute Gasteiger partial charge is 0.344 e. The molecule has 1 aromatic rings. The minimum atomic E-state index is -0.322. The van der Waals surface area contributed by atoms with Crippen molar-refractivity contribution < 1.29 is 26.7 Å². The molecule has 140 valence electrons. The summed E-state index contributed by atoms with van der Waals surface area (Å²) in [5.41, 5.74) is 0. The molecule has 0 radical (unpaired) electrons. The van der Waals surface area contributed by atoms with E-state index in [1.54, 1.807) is 18.2 Å². The van der Waals surface area contributed by atoms with Crippen molar-refractivity contribution in [2.45, 2.75) is 50.7 Å². The van der Waals surface area contributed by atoms with E-state index in [0.29, 0.717) is 21.8 Å². The third-order valence-electron chi connectivity index (χ3n) is 4.81. The maximum Gasteiger partial charge on any atom is 0.344 e. The topological polar surface area (TPSA) is 38.8 Å². The van der Waals surface area contributed by atoms with E-state index in [2.05, 4.69) is 4.90 Å². The van der Waals surface area contributed by atoms with E-state index in [1.165, 1.54) is 19.3 Å². The van der Waals surface area contributed by atoms with Crippen LogP contribution in [0.15, 0.2) is 18.2 Å². The van der Waals surface area contributed by atoms with E-state index in [1.807, 2.05) is 0 Å². The monoisotopic (exact) mass is 406 g/mol. The van der Waals surface area contributed by atoms with Crippen LogP contribution >= 0.6 is 23.2 Å². The highest BCUT2D eigenvalue weighted by atomic mass is 35.5. The van der Waals surface area contributed by atoms with Gasteiger partial charge in [-0.25, -0.2) is 4.79 Å². The van der Waals surface area contributed by atoms with Gasteiger partial charge >= 0.3 is 5.97 Å². The van der Waals surface area contributed by atoms with Gasteiger partial charge in [0.2, 0.25) is 0 Å². The van der Waals surface area contributed by atoms with E-state index in [-0.39, 0.29) is 31.1 Å². The maximum absolute atomic E-state index is 12.2. The zero-order chi connectivity index (χ0) is 16.9. The Morgan fingerprint density at radius 2 is 1.80 bits per heavy atom. The molecule has 0 bridgehead atoms. The molecule has 1 aliphatic carbocycles. The first-order valence-corrected chi connectivity index (χ1v) is 9.40. The third kappa shape index (κ3) is 5.65. The molecular weight excluding hydrogens is 385 g/mol. The lowest BCUT2D eigenvalue weighted by molar-refractivity contribution is -0.156. The lowest BCUT2D eigenvalue weighted by Crippen LogP contribution is -3.00. The number of rotatable bonds is 5. The van der Waals surface area contributed by atoms with E-state index in [0.717, 1.165) is 32.4 Å². The molecule has 1 heterocycles. The first-order chi connectivity index (χ1) is 11.6. The second-order valence-corrected chi connectivity index (χ2v) is 7.30. The predicted octanol–water partition coefficient (Wildman–Crippen LogP) is 1.33. The Bertz CT molecular complexity index is 579. The molecule has 4 nitrogen and oxygen atoms in total. The number of benzene rings is 1. The van der Waals surface area contributed by atoms with Gasteiger partial charge in [0.15, 0.2) is 6.61 Å². The highest BCUT2D eigenvalue weighted by molar-refractivity contribution is 6.42. The number of esters is 1. The van der Waals surface area contributed by atoms with E-state index < -0.39 is 0 Å². The lowest BCUT2D eigenvalue weighted by Gasteiger charge is -2.37. The number of nitrogens with zero attached hydrogens (tertiary/aromatic N) is 1. The number of carbonyl (C=O) groups excluding carboxylic acids is 1. The van der Waals surface area contributed by atoms with Gasteiger partial charge in [-0.1, -0.05) is 29.6 Å². The maximum atomic E-state index is 12.2. The number of likely N-dealkylation sites (tertiary alicyclic amines) is 1. The molecule has 2 unspecified atom stereocenters. The summed E-state index contributed by atoms with van der Waals surface area (Å²) in [7, 11) is 0. The zero-order valence-corrected chi connectivity index (χ0v) is 16.3. The van der Waals surface area contributed by atoms with E-state index in [9.17, 15) is 4.79 Å². The van der Waals surface area contributed by atoms with Crippen molar-refractivity contribution in [3.8, 4) is 5.75 Å². The molecule has 0 aromatic heterocycles. The van der Waals surface area contributed by atoms with E-state index >= 15 is 0 Å². The van der Waals surface area contributed by atoms with Crippen LogP contribution in [0.2, 0.25) is 10.0 Å². The summed E-state index contributed by atoms with van der Waals surface area (Å²) in [5.74, 6) is 0.193. The molecular formula is C18H23Cl3NO3-. The Labute approximate surface area is 165 Å². The molecule has 1 saturated heterocycles. The molecule has 7 heteroatoms. The lowest BCUT2D eigenvalue weighted by atomic mass is 9.91. The number of carbonyl (C=O) groups is 1. The van der Waals surface area contributed by atoms with Gasteiger partial charge in [-0.05, 0) is 57.3 Å². The summed E-state index contributed by atoms with van der Waals surface area (Å²) in [4.78, 5) is 14.7. The predicted molar refractivity (Wildman–Crippen MR) is 94.9 cm³/mol.